The molecule has 4 nitrogen and oxygen atoms in total. The van der Waals surface area contributed by atoms with Crippen molar-refractivity contribution in [1.29, 1.82) is 0 Å². The molecular weight excluding hydrogens is 216 g/mol. The predicted octanol–water partition coefficient (Wildman–Crippen LogP) is 1.70. The second kappa shape index (κ2) is 7.68. The average molecular weight is 236 g/mol. The molecule has 17 heavy (non-hydrogen) atoms. The number of amides is 1. The van der Waals surface area contributed by atoms with Gasteiger partial charge in [0.25, 0.3) is 0 Å². The van der Waals surface area contributed by atoms with Crippen LogP contribution in [0, 0.1) is 0 Å². The summed E-state index contributed by atoms with van der Waals surface area (Å²) in [5.74, 6) is 0.0570. The first kappa shape index (κ1) is 13.5. The van der Waals surface area contributed by atoms with Gasteiger partial charge in [0.05, 0.1) is 0 Å². The molecule has 3 N–H and O–H groups in total. The van der Waals surface area contributed by atoms with Crippen molar-refractivity contribution in [3.8, 4) is 0 Å². The zero-order valence-corrected chi connectivity index (χ0v) is 10.2. The molecule has 0 aliphatic carbocycles. The van der Waals surface area contributed by atoms with Gasteiger partial charge in [-0.15, -0.1) is 0 Å². The van der Waals surface area contributed by atoms with Crippen LogP contribution in [0.1, 0.15) is 25.3 Å². The van der Waals surface area contributed by atoms with E-state index in [1.54, 1.807) is 0 Å². The molecule has 1 rings (SSSR count). The van der Waals surface area contributed by atoms with Gasteiger partial charge < -0.3 is 15.8 Å². The van der Waals surface area contributed by atoms with Crippen molar-refractivity contribution in [3.05, 3.63) is 29.8 Å². The summed E-state index contributed by atoms with van der Waals surface area (Å²) in [6.07, 6.45) is 1.27. The highest BCUT2D eigenvalue weighted by molar-refractivity contribution is 5.75. The second-order valence-electron chi connectivity index (χ2n) is 3.82. The van der Waals surface area contributed by atoms with Gasteiger partial charge in [-0.05, 0) is 31.0 Å². The lowest BCUT2D eigenvalue weighted by Crippen LogP contribution is -2.22. The van der Waals surface area contributed by atoms with Crippen LogP contribution < -0.4 is 11.1 Å². The number of nitrogens with one attached hydrogen (secondary N) is 1. The fourth-order valence-corrected chi connectivity index (χ4v) is 1.40. The fourth-order valence-electron chi connectivity index (χ4n) is 1.40. The Balaban J connectivity index is 2.17. The van der Waals surface area contributed by atoms with E-state index in [1.807, 2.05) is 31.2 Å². The van der Waals surface area contributed by atoms with E-state index in [4.69, 9.17) is 10.5 Å². The molecule has 0 spiro atoms. The topological polar surface area (TPSA) is 64.3 Å². The summed E-state index contributed by atoms with van der Waals surface area (Å²) < 4.78 is 5.17. The monoisotopic (exact) mass is 236 g/mol. The first-order chi connectivity index (χ1) is 8.22. The fraction of sp³-hybridized carbons (Fsp3) is 0.462. The average Bonchev–Trinajstić information content (AvgIpc) is 2.34. The molecule has 0 fully saturated rings. The van der Waals surface area contributed by atoms with Crippen LogP contribution in [-0.2, 0) is 16.1 Å². The Morgan fingerprint density at radius 2 is 2.06 bits per heavy atom. The van der Waals surface area contributed by atoms with Crippen LogP contribution in [-0.4, -0.2) is 19.1 Å². The van der Waals surface area contributed by atoms with Gasteiger partial charge in [-0.2, -0.15) is 0 Å². The molecule has 0 aliphatic rings. The first-order valence-corrected chi connectivity index (χ1v) is 5.91. The molecular formula is C13H20N2O2. The molecule has 0 bridgehead atoms. The Kier molecular flexibility index (Phi) is 6.10. The third kappa shape index (κ3) is 5.92. The Bertz CT molecular complexity index is 336. The number of rotatable bonds is 7. The Morgan fingerprint density at radius 3 is 2.71 bits per heavy atom. The SMILES string of the molecule is CCOCCCC(=O)NCc1ccc(N)cc1. The molecule has 1 aromatic carbocycles. The van der Waals surface area contributed by atoms with E-state index in [0.717, 1.165) is 17.7 Å². The van der Waals surface area contributed by atoms with E-state index in [0.29, 0.717) is 26.2 Å². The minimum atomic E-state index is 0.0570. The van der Waals surface area contributed by atoms with Crippen LogP contribution >= 0.6 is 0 Å². The minimum absolute atomic E-state index is 0.0570. The highest BCUT2D eigenvalue weighted by atomic mass is 16.5. The number of nitrogens with two attached hydrogens (primary N) is 1. The maximum Gasteiger partial charge on any atom is 0.220 e. The molecule has 0 saturated carbocycles. The zero-order valence-electron chi connectivity index (χ0n) is 10.2. The Hall–Kier alpha value is -1.55. The number of nitrogen functional groups attached to an aromatic ring is 1. The van der Waals surface area contributed by atoms with E-state index >= 15 is 0 Å². The van der Waals surface area contributed by atoms with Crippen LogP contribution in [0.2, 0.25) is 0 Å². The standard InChI is InChI=1S/C13H20N2O2/c1-2-17-9-3-4-13(16)15-10-11-5-7-12(14)8-6-11/h5-8H,2-4,9-10,14H2,1H3,(H,15,16). The second-order valence-corrected chi connectivity index (χ2v) is 3.82. The maximum atomic E-state index is 11.5. The largest absolute Gasteiger partial charge is 0.399 e. The van der Waals surface area contributed by atoms with Crippen molar-refractivity contribution >= 4 is 11.6 Å². The number of benzene rings is 1. The molecule has 4 heteroatoms. The number of hydrogen-bond donors (Lipinski definition) is 2. The smallest absolute Gasteiger partial charge is 0.220 e. The summed E-state index contributed by atoms with van der Waals surface area (Å²) in [6.45, 7) is 3.84. The molecule has 0 atom stereocenters. The van der Waals surface area contributed by atoms with Crippen molar-refractivity contribution in [2.75, 3.05) is 18.9 Å². The van der Waals surface area contributed by atoms with E-state index in [9.17, 15) is 4.79 Å². The summed E-state index contributed by atoms with van der Waals surface area (Å²) in [5.41, 5.74) is 7.36. The number of carbonyl (C=O) groups is 1. The molecule has 0 aromatic heterocycles. The van der Waals surface area contributed by atoms with Crippen molar-refractivity contribution < 1.29 is 9.53 Å². The van der Waals surface area contributed by atoms with E-state index in [1.165, 1.54) is 0 Å². The summed E-state index contributed by atoms with van der Waals surface area (Å²) in [6, 6.07) is 7.48. The molecule has 0 saturated heterocycles. The number of anilines is 1. The Morgan fingerprint density at radius 1 is 1.35 bits per heavy atom. The number of hydrogen-bond acceptors (Lipinski definition) is 3. The lowest BCUT2D eigenvalue weighted by molar-refractivity contribution is -0.121. The molecule has 0 unspecified atom stereocenters. The summed E-state index contributed by atoms with van der Waals surface area (Å²) in [7, 11) is 0. The van der Waals surface area contributed by atoms with Gasteiger partial charge in [-0.3, -0.25) is 4.79 Å². The van der Waals surface area contributed by atoms with E-state index < -0.39 is 0 Å². The molecule has 94 valence electrons. The first-order valence-electron chi connectivity index (χ1n) is 5.91. The predicted molar refractivity (Wildman–Crippen MR) is 68.4 cm³/mol. The van der Waals surface area contributed by atoms with Crippen molar-refractivity contribution in [2.24, 2.45) is 0 Å². The van der Waals surface area contributed by atoms with Crippen LogP contribution in [0.4, 0.5) is 5.69 Å². The lowest BCUT2D eigenvalue weighted by Gasteiger charge is -2.05. The van der Waals surface area contributed by atoms with E-state index in [2.05, 4.69) is 5.32 Å². The van der Waals surface area contributed by atoms with Crippen molar-refractivity contribution in [1.82, 2.24) is 5.32 Å². The molecule has 0 aliphatic heterocycles. The lowest BCUT2D eigenvalue weighted by atomic mass is 10.2. The summed E-state index contributed by atoms with van der Waals surface area (Å²) >= 11 is 0. The van der Waals surface area contributed by atoms with Gasteiger partial charge in [-0.25, -0.2) is 0 Å². The van der Waals surface area contributed by atoms with E-state index in [-0.39, 0.29) is 5.91 Å². The molecule has 1 amide bonds. The minimum Gasteiger partial charge on any atom is -0.399 e. The molecule has 0 radical (unpaired) electrons. The van der Waals surface area contributed by atoms with Gasteiger partial charge >= 0.3 is 0 Å². The normalized spacial score (nSPS) is 10.2. The van der Waals surface area contributed by atoms with Crippen molar-refractivity contribution in [2.45, 2.75) is 26.3 Å². The van der Waals surface area contributed by atoms with Crippen LogP contribution in [0.15, 0.2) is 24.3 Å². The summed E-state index contributed by atoms with van der Waals surface area (Å²) in [4.78, 5) is 11.5. The molecule has 1 aromatic rings. The number of ether oxygens (including phenoxy) is 1. The van der Waals surface area contributed by atoms with Crippen LogP contribution in [0.25, 0.3) is 0 Å². The molecule has 0 heterocycles. The van der Waals surface area contributed by atoms with Gasteiger partial charge in [0.1, 0.15) is 0 Å². The highest BCUT2D eigenvalue weighted by Gasteiger charge is 2.00. The summed E-state index contributed by atoms with van der Waals surface area (Å²) in [5, 5.41) is 2.86. The Labute approximate surface area is 102 Å². The maximum absolute atomic E-state index is 11.5. The highest BCUT2D eigenvalue weighted by Crippen LogP contribution is 2.05. The third-order valence-corrected chi connectivity index (χ3v) is 2.37. The van der Waals surface area contributed by atoms with Crippen LogP contribution in [0.3, 0.4) is 0 Å². The van der Waals surface area contributed by atoms with Gasteiger partial charge in [0, 0.05) is 31.9 Å². The van der Waals surface area contributed by atoms with Crippen LogP contribution in [0.5, 0.6) is 0 Å². The quantitative estimate of drug-likeness (QED) is 0.559. The van der Waals surface area contributed by atoms with Crippen molar-refractivity contribution in [3.63, 3.8) is 0 Å². The van der Waals surface area contributed by atoms with Gasteiger partial charge in [-0.1, -0.05) is 12.1 Å². The number of carbonyl (C=O) groups excluding carboxylic acids is 1. The van der Waals surface area contributed by atoms with Gasteiger partial charge in [0.15, 0.2) is 0 Å². The third-order valence-electron chi connectivity index (χ3n) is 2.37. The van der Waals surface area contributed by atoms with Gasteiger partial charge in [0.2, 0.25) is 5.91 Å². The zero-order chi connectivity index (χ0) is 12.5.